The van der Waals surface area contributed by atoms with Crippen LogP contribution >= 0.6 is 46.1 Å². The molecule has 0 saturated carbocycles. The first kappa shape index (κ1) is 16.4. The Balaban J connectivity index is 2.41. The van der Waals surface area contributed by atoms with Crippen LogP contribution in [-0.4, -0.2) is 19.5 Å². The van der Waals surface area contributed by atoms with Crippen molar-refractivity contribution in [3.8, 4) is 0 Å². The van der Waals surface area contributed by atoms with Gasteiger partial charge in [0.2, 0.25) is 0 Å². The topological polar surface area (TPSA) is 83.5 Å². The quantitative estimate of drug-likeness (QED) is 0.824. The van der Waals surface area contributed by atoms with Gasteiger partial charge in [0.1, 0.15) is 9.23 Å². The summed E-state index contributed by atoms with van der Waals surface area (Å²) in [5.41, 5.74) is -0.132. The average Bonchev–Trinajstić information content (AvgIpc) is 2.67. The van der Waals surface area contributed by atoms with Gasteiger partial charge in [-0.15, -0.1) is 11.3 Å². The second-order valence-corrected chi connectivity index (χ2v) is 8.20. The van der Waals surface area contributed by atoms with Gasteiger partial charge in [-0.1, -0.05) is 34.8 Å². The van der Waals surface area contributed by atoms with Gasteiger partial charge in [0.15, 0.2) is 0 Å². The summed E-state index contributed by atoms with van der Waals surface area (Å²) in [5, 5.41) is 9.01. The summed E-state index contributed by atoms with van der Waals surface area (Å²) in [7, 11) is -3.99. The van der Waals surface area contributed by atoms with Gasteiger partial charge >= 0.3 is 5.97 Å². The van der Waals surface area contributed by atoms with Gasteiger partial charge in [-0.3, -0.25) is 4.72 Å². The predicted octanol–water partition coefficient (Wildman–Crippen LogP) is 4.21. The number of carboxylic acids is 1. The number of sulfonamides is 1. The maximum absolute atomic E-state index is 12.2. The summed E-state index contributed by atoms with van der Waals surface area (Å²) < 4.78 is 26.8. The smallest absolute Gasteiger partial charge is 0.335 e. The first-order valence-corrected chi connectivity index (χ1v) is 8.64. The summed E-state index contributed by atoms with van der Waals surface area (Å²) in [6, 6.07) is 4.84. The second-order valence-electron chi connectivity index (χ2n) is 3.83. The predicted molar refractivity (Wildman–Crippen MR) is 83.6 cm³/mol. The van der Waals surface area contributed by atoms with Crippen molar-refractivity contribution in [3.05, 3.63) is 43.5 Å². The van der Waals surface area contributed by atoms with Crippen molar-refractivity contribution in [3.63, 3.8) is 0 Å². The SMILES string of the molecule is O=C(O)c1cc(Cl)cc(NS(=O)(=O)c2cc(Cl)sc2Cl)c1. The third-order valence-electron chi connectivity index (χ3n) is 2.31. The van der Waals surface area contributed by atoms with Crippen LogP contribution in [0.3, 0.4) is 0 Å². The number of carbonyl (C=O) groups is 1. The monoisotopic (exact) mass is 385 g/mol. The van der Waals surface area contributed by atoms with E-state index in [0.29, 0.717) is 0 Å². The van der Waals surface area contributed by atoms with Gasteiger partial charge in [0.05, 0.1) is 15.6 Å². The van der Waals surface area contributed by atoms with Crippen LogP contribution in [-0.2, 0) is 10.0 Å². The molecular weight excluding hydrogens is 381 g/mol. The number of aromatic carboxylic acids is 1. The fourth-order valence-corrected chi connectivity index (χ4v) is 4.92. The van der Waals surface area contributed by atoms with Crippen molar-refractivity contribution >= 4 is 67.8 Å². The molecule has 1 heterocycles. The molecule has 0 bridgehead atoms. The number of benzene rings is 1. The van der Waals surface area contributed by atoms with E-state index in [4.69, 9.17) is 39.9 Å². The zero-order valence-corrected chi connectivity index (χ0v) is 13.8. The zero-order valence-electron chi connectivity index (χ0n) is 9.93. The number of hydrogen-bond acceptors (Lipinski definition) is 4. The third kappa shape index (κ3) is 3.81. The summed E-state index contributed by atoms with van der Waals surface area (Å²) in [6.45, 7) is 0. The van der Waals surface area contributed by atoms with E-state index in [9.17, 15) is 13.2 Å². The Labute approximate surface area is 139 Å². The first-order valence-electron chi connectivity index (χ1n) is 5.20. The third-order valence-corrected chi connectivity index (χ3v) is 5.66. The van der Waals surface area contributed by atoms with Gasteiger partial charge in [0, 0.05) is 5.02 Å². The second kappa shape index (κ2) is 6.02. The Morgan fingerprint density at radius 3 is 2.33 bits per heavy atom. The van der Waals surface area contributed by atoms with Crippen LogP contribution in [0.25, 0.3) is 0 Å². The maximum Gasteiger partial charge on any atom is 0.335 e. The Morgan fingerprint density at radius 1 is 1.14 bits per heavy atom. The highest BCUT2D eigenvalue weighted by atomic mass is 35.5. The molecule has 0 amide bonds. The molecule has 0 fully saturated rings. The molecule has 0 radical (unpaired) electrons. The molecule has 0 unspecified atom stereocenters. The number of rotatable bonds is 4. The van der Waals surface area contributed by atoms with Crippen LogP contribution in [0.4, 0.5) is 5.69 Å². The van der Waals surface area contributed by atoms with Gasteiger partial charge in [-0.05, 0) is 24.3 Å². The molecule has 2 aromatic rings. The van der Waals surface area contributed by atoms with E-state index in [2.05, 4.69) is 4.72 Å². The Morgan fingerprint density at radius 2 is 1.81 bits per heavy atom. The summed E-state index contributed by atoms with van der Waals surface area (Å²) in [5.74, 6) is -1.23. The largest absolute Gasteiger partial charge is 0.478 e. The molecule has 1 aromatic carbocycles. The molecule has 112 valence electrons. The number of thiophene rings is 1. The minimum absolute atomic E-state index is 0.00739. The molecule has 0 spiro atoms. The van der Waals surface area contributed by atoms with E-state index < -0.39 is 16.0 Å². The van der Waals surface area contributed by atoms with E-state index in [1.54, 1.807) is 0 Å². The van der Waals surface area contributed by atoms with Gasteiger partial charge in [0.25, 0.3) is 10.0 Å². The summed E-state index contributed by atoms with van der Waals surface area (Å²) in [4.78, 5) is 10.7. The van der Waals surface area contributed by atoms with Gasteiger partial charge in [-0.2, -0.15) is 0 Å². The molecule has 21 heavy (non-hydrogen) atoms. The Kier molecular flexibility index (Phi) is 4.69. The molecule has 2 N–H and O–H groups in total. The van der Waals surface area contributed by atoms with E-state index >= 15 is 0 Å². The molecule has 1 aromatic heterocycles. The molecule has 0 saturated heterocycles. The van der Waals surface area contributed by atoms with E-state index in [1.165, 1.54) is 18.2 Å². The zero-order chi connectivity index (χ0) is 15.8. The molecular formula is C11H6Cl3NO4S2. The highest BCUT2D eigenvalue weighted by Gasteiger charge is 2.21. The number of nitrogens with one attached hydrogen (secondary N) is 1. The van der Waals surface area contributed by atoms with Crippen LogP contribution < -0.4 is 4.72 Å². The first-order chi connectivity index (χ1) is 9.69. The van der Waals surface area contributed by atoms with Crippen LogP contribution in [0.15, 0.2) is 29.2 Å². The highest BCUT2D eigenvalue weighted by molar-refractivity contribution is 7.93. The molecule has 0 atom stereocenters. The maximum atomic E-state index is 12.2. The lowest BCUT2D eigenvalue weighted by Gasteiger charge is -2.08. The number of carboxylic acid groups (broad SMARTS) is 1. The fourth-order valence-electron chi connectivity index (χ4n) is 1.49. The lowest BCUT2D eigenvalue weighted by Crippen LogP contribution is -2.13. The molecule has 5 nitrogen and oxygen atoms in total. The number of anilines is 1. The molecule has 10 heteroatoms. The van der Waals surface area contributed by atoms with Crippen molar-refractivity contribution in [2.24, 2.45) is 0 Å². The fraction of sp³-hybridized carbons (Fsp3) is 0. The lowest BCUT2D eigenvalue weighted by atomic mass is 10.2. The van der Waals surface area contributed by atoms with E-state index in [0.717, 1.165) is 17.4 Å². The molecule has 2 rings (SSSR count). The minimum Gasteiger partial charge on any atom is -0.478 e. The van der Waals surface area contributed by atoms with E-state index in [1.807, 2.05) is 0 Å². The van der Waals surface area contributed by atoms with Crippen molar-refractivity contribution in [2.75, 3.05) is 4.72 Å². The normalized spacial score (nSPS) is 11.4. The van der Waals surface area contributed by atoms with Crippen molar-refractivity contribution < 1.29 is 18.3 Å². The number of hydrogen-bond donors (Lipinski definition) is 2. The van der Waals surface area contributed by atoms with Crippen LogP contribution in [0, 0.1) is 0 Å². The van der Waals surface area contributed by atoms with E-state index in [-0.39, 0.29) is 29.8 Å². The summed E-state index contributed by atoms with van der Waals surface area (Å²) >= 11 is 18.2. The van der Waals surface area contributed by atoms with Crippen molar-refractivity contribution in [1.82, 2.24) is 0 Å². The van der Waals surface area contributed by atoms with Gasteiger partial charge in [-0.25, -0.2) is 13.2 Å². The summed E-state index contributed by atoms with van der Waals surface area (Å²) in [6.07, 6.45) is 0. The van der Waals surface area contributed by atoms with Crippen LogP contribution in [0.1, 0.15) is 10.4 Å². The van der Waals surface area contributed by atoms with Crippen LogP contribution in [0.2, 0.25) is 13.7 Å². The Hall–Kier alpha value is -0.990. The Bertz CT molecular complexity index is 817. The highest BCUT2D eigenvalue weighted by Crippen LogP contribution is 2.35. The minimum atomic E-state index is -3.99. The lowest BCUT2D eigenvalue weighted by molar-refractivity contribution is 0.0697. The van der Waals surface area contributed by atoms with Crippen LogP contribution in [0.5, 0.6) is 0 Å². The average molecular weight is 387 g/mol. The molecule has 0 aliphatic heterocycles. The standard InChI is InChI=1S/C11H6Cl3NO4S2/c12-6-1-5(11(16)17)2-7(3-6)15-21(18,19)8-4-9(13)20-10(8)14/h1-4,15H,(H,16,17). The van der Waals surface area contributed by atoms with Crippen molar-refractivity contribution in [2.45, 2.75) is 4.90 Å². The molecule has 0 aliphatic rings. The van der Waals surface area contributed by atoms with Gasteiger partial charge < -0.3 is 5.11 Å². The van der Waals surface area contributed by atoms with Crippen molar-refractivity contribution in [1.29, 1.82) is 0 Å². The number of halogens is 3. The molecule has 0 aliphatic carbocycles.